The summed E-state index contributed by atoms with van der Waals surface area (Å²) in [7, 11) is 3.09. The third-order valence-electron chi connectivity index (χ3n) is 2.72. The van der Waals surface area contributed by atoms with Gasteiger partial charge in [-0.15, -0.1) is 23.5 Å². The summed E-state index contributed by atoms with van der Waals surface area (Å²) in [6.07, 6.45) is 0.309. The summed E-state index contributed by atoms with van der Waals surface area (Å²) in [6, 6.07) is 1.62. The fourth-order valence-corrected chi connectivity index (χ4v) is 6.52. The van der Waals surface area contributed by atoms with Crippen LogP contribution in [0.2, 0.25) is 0 Å². The molecule has 2 rings (SSSR count). The van der Waals surface area contributed by atoms with Gasteiger partial charge in [0, 0.05) is 11.5 Å². The molecule has 1 aromatic rings. The molecule has 1 aromatic heterocycles. The molecule has 0 bridgehead atoms. The molecule has 1 fully saturated rings. The molecule has 1 aliphatic rings. The van der Waals surface area contributed by atoms with Gasteiger partial charge in [0.1, 0.15) is 3.41 Å². The number of carbonyl (C=O) groups excluding carboxylic acids is 1. The Labute approximate surface area is 142 Å². The van der Waals surface area contributed by atoms with E-state index in [0.717, 1.165) is 11.5 Å². The summed E-state index contributed by atoms with van der Waals surface area (Å²) in [4.78, 5) is 20.6. The molecule has 0 aromatic carbocycles. The minimum atomic E-state index is -0.358. The third-order valence-corrected chi connectivity index (χ3v) is 7.70. The maximum Gasteiger partial charge on any atom is 0.308 e. The van der Waals surface area contributed by atoms with Gasteiger partial charge in [0.2, 0.25) is 11.8 Å². The Hall–Kier alpha value is -0.800. The van der Waals surface area contributed by atoms with Crippen molar-refractivity contribution in [1.82, 2.24) is 9.97 Å². The summed E-state index contributed by atoms with van der Waals surface area (Å²) < 4.78 is 15.1. The van der Waals surface area contributed by atoms with Crippen LogP contribution in [0, 0.1) is 0 Å². The lowest BCUT2D eigenvalue weighted by Crippen LogP contribution is -2.20. The summed E-state index contributed by atoms with van der Waals surface area (Å²) in [6.45, 7) is 2.20. The van der Waals surface area contributed by atoms with Crippen LogP contribution in [0.25, 0.3) is 0 Å². The number of carbonyl (C=O) groups is 1. The van der Waals surface area contributed by atoms with Crippen molar-refractivity contribution in [3.63, 3.8) is 0 Å². The van der Waals surface area contributed by atoms with E-state index in [9.17, 15) is 4.79 Å². The van der Waals surface area contributed by atoms with Crippen LogP contribution in [-0.2, 0) is 9.53 Å². The topological polar surface area (TPSA) is 70.5 Å². The van der Waals surface area contributed by atoms with Crippen LogP contribution in [0.4, 0.5) is 0 Å². The van der Waals surface area contributed by atoms with Crippen molar-refractivity contribution in [2.45, 2.75) is 21.9 Å². The molecule has 0 radical (unpaired) electrons. The predicted octanol–water partition coefficient (Wildman–Crippen LogP) is 2.67. The van der Waals surface area contributed by atoms with Gasteiger partial charge in [-0.25, -0.2) is 0 Å². The maximum atomic E-state index is 11.9. The number of hydrogen-bond acceptors (Lipinski definition) is 9. The summed E-state index contributed by atoms with van der Waals surface area (Å²) in [5.41, 5.74) is 0. The molecule has 0 atom stereocenters. The van der Waals surface area contributed by atoms with E-state index in [1.807, 2.05) is 6.92 Å². The van der Waals surface area contributed by atoms with Crippen LogP contribution in [0.5, 0.6) is 11.8 Å². The zero-order valence-electron chi connectivity index (χ0n) is 12.7. The van der Waals surface area contributed by atoms with Crippen LogP contribution < -0.4 is 9.47 Å². The largest absolute Gasteiger partial charge is 0.481 e. The average Bonchev–Trinajstić information content (AvgIpc) is 2.94. The number of rotatable bonds is 7. The Morgan fingerprint density at radius 1 is 1.27 bits per heavy atom. The predicted molar refractivity (Wildman–Crippen MR) is 89.9 cm³/mol. The number of hydrogen-bond donors (Lipinski definition) is 0. The van der Waals surface area contributed by atoms with Crippen molar-refractivity contribution in [3.8, 4) is 11.8 Å². The second kappa shape index (κ2) is 8.16. The highest BCUT2D eigenvalue weighted by atomic mass is 32.3. The molecule has 1 aliphatic heterocycles. The van der Waals surface area contributed by atoms with E-state index >= 15 is 0 Å². The van der Waals surface area contributed by atoms with Crippen molar-refractivity contribution in [2.75, 3.05) is 32.3 Å². The highest BCUT2D eigenvalue weighted by Crippen LogP contribution is 2.56. The van der Waals surface area contributed by atoms with Crippen molar-refractivity contribution in [1.29, 1.82) is 0 Å². The SMILES string of the molecule is CCOC(=O)CC1(Sc2nc(OC)cc(OC)n2)SCCS1. The molecular formula is C13H18N2O4S3. The van der Waals surface area contributed by atoms with Crippen LogP contribution >= 0.6 is 35.3 Å². The standard InChI is InChI=1S/C13H18N2O4S3/c1-4-19-11(16)8-13(20-5-6-21-13)22-12-14-9(17-2)7-10(15-12)18-3/h7H,4-6,8H2,1-3H3. The molecule has 22 heavy (non-hydrogen) atoms. The van der Waals surface area contributed by atoms with Crippen LogP contribution in [0.1, 0.15) is 13.3 Å². The number of methoxy groups -OCH3 is 2. The molecule has 0 saturated carbocycles. The molecule has 0 N–H and O–H groups in total. The Morgan fingerprint density at radius 2 is 1.86 bits per heavy atom. The molecule has 6 nitrogen and oxygen atoms in total. The third kappa shape index (κ3) is 4.60. The zero-order valence-corrected chi connectivity index (χ0v) is 15.1. The number of esters is 1. The first-order chi connectivity index (χ1) is 10.6. The first kappa shape index (κ1) is 17.6. The van der Waals surface area contributed by atoms with Gasteiger partial charge in [0.25, 0.3) is 0 Å². The van der Waals surface area contributed by atoms with E-state index in [2.05, 4.69) is 9.97 Å². The van der Waals surface area contributed by atoms with E-state index in [1.165, 1.54) is 11.8 Å². The Balaban J connectivity index is 2.18. The van der Waals surface area contributed by atoms with Crippen LogP contribution in [0.3, 0.4) is 0 Å². The van der Waals surface area contributed by atoms with Crippen molar-refractivity contribution in [2.24, 2.45) is 0 Å². The molecule has 0 aliphatic carbocycles. The quantitative estimate of drug-likeness (QED) is 0.538. The Kier molecular flexibility index (Phi) is 6.51. The first-order valence-corrected chi connectivity index (χ1v) is 9.49. The molecule has 0 unspecified atom stereocenters. The van der Waals surface area contributed by atoms with Crippen LogP contribution in [0.15, 0.2) is 11.2 Å². The lowest BCUT2D eigenvalue weighted by atomic mass is 10.5. The monoisotopic (exact) mass is 362 g/mol. The molecule has 122 valence electrons. The van der Waals surface area contributed by atoms with Crippen molar-refractivity contribution < 1.29 is 19.0 Å². The summed E-state index contributed by atoms with van der Waals surface area (Å²) in [5, 5.41) is 0.530. The molecule has 1 saturated heterocycles. The minimum absolute atomic E-state index is 0.202. The fourth-order valence-electron chi connectivity index (χ4n) is 1.80. The normalized spacial score (nSPS) is 16.3. The fraction of sp³-hybridized carbons (Fsp3) is 0.615. The van der Waals surface area contributed by atoms with Crippen LogP contribution in [-0.4, -0.2) is 51.7 Å². The molecule has 9 heteroatoms. The second-order valence-corrected chi connectivity index (χ2v) is 9.03. The lowest BCUT2D eigenvalue weighted by molar-refractivity contribution is -0.142. The highest BCUT2D eigenvalue weighted by molar-refractivity contribution is 8.35. The Morgan fingerprint density at radius 3 is 2.36 bits per heavy atom. The van der Waals surface area contributed by atoms with Gasteiger partial charge in [0.05, 0.1) is 33.3 Å². The van der Waals surface area contributed by atoms with Crippen molar-refractivity contribution in [3.05, 3.63) is 6.07 Å². The summed E-state index contributed by atoms with van der Waals surface area (Å²) in [5.74, 6) is 2.64. The van der Waals surface area contributed by atoms with Gasteiger partial charge in [-0.1, -0.05) is 11.8 Å². The highest BCUT2D eigenvalue weighted by Gasteiger charge is 2.40. The zero-order chi connectivity index (χ0) is 16.0. The molecular weight excluding hydrogens is 344 g/mol. The van der Waals surface area contributed by atoms with Gasteiger partial charge < -0.3 is 14.2 Å². The first-order valence-electron chi connectivity index (χ1n) is 6.70. The van der Waals surface area contributed by atoms with Crippen molar-refractivity contribution >= 4 is 41.3 Å². The van der Waals surface area contributed by atoms with Gasteiger partial charge in [-0.05, 0) is 6.92 Å². The van der Waals surface area contributed by atoms with E-state index < -0.39 is 0 Å². The number of thioether (sulfide) groups is 3. The molecule has 0 spiro atoms. The van der Waals surface area contributed by atoms with E-state index in [0.29, 0.717) is 29.9 Å². The van der Waals surface area contributed by atoms with E-state index in [1.54, 1.807) is 43.8 Å². The van der Waals surface area contributed by atoms with Gasteiger partial charge >= 0.3 is 5.97 Å². The smallest absolute Gasteiger partial charge is 0.308 e. The number of ether oxygens (including phenoxy) is 3. The van der Waals surface area contributed by atoms with Gasteiger partial charge in [0.15, 0.2) is 5.16 Å². The average molecular weight is 362 g/mol. The second-order valence-electron chi connectivity index (χ2n) is 4.20. The number of aromatic nitrogens is 2. The molecule has 2 heterocycles. The summed E-state index contributed by atoms with van der Waals surface area (Å²) >= 11 is 4.91. The van der Waals surface area contributed by atoms with E-state index in [-0.39, 0.29) is 9.38 Å². The molecule has 0 amide bonds. The number of nitrogens with zero attached hydrogens (tertiary/aromatic N) is 2. The maximum absolute atomic E-state index is 11.9. The lowest BCUT2D eigenvalue weighted by Gasteiger charge is -2.24. The van der Waals surface area contributed by atoms with E-state index in [4.69, 9.17) is 14.2 Å². The minimum Gasteiger partial charge on any atom is -0.481 e. The Bertz CT molecular complexity index is 502. The van der Waals surface area contributed by atoms with Gasteiger partial charge in [-0.2, -0.15) is 9.97 Å². The van der Waals surface area contributed by atoms with Gasteiger partial charge in [-0.3, -0.25) is 4.79 Å².